The molecule has 1 saturated heterocycles. The zero-order chi connectivity index (χ0) is 7.45. The average Bonchev–Trinajstić information content (AvgIpc) is 2.39. The van der Waals surface area contributed by atoms with Gasteiger partial charge in [0.25, 0.3) is 0 Å². The van der Waals surface area contributed by atoms with E-state index in [1.165, 1.54) is 0 Å². The van der Waals surface area contributed by atoms with Crippen molar-refractivity contribution in [2.24, 2.45) is 0 Å². The van der Waals surface area contributed by atoms with E-state index in [0.717, 1.165) is 25.9 Å². The number of quaternary nitrogens is 1. The van der Waals surface area contributed by atoms with Crippen molar-refractivity contribution in [3.63, 3.8) is 0 Å². The molecular formula is C7H15FNO+. The first-order chi connectivity index (χ1) is 4.83. The van der Waals surface area contributed by atoms with Crippen molar-refractivity contribution in [3.8, 4) is 0 Å². The van der Waals surface area contributed by atoms with Gasteiger partial charge in [0.05, 0.1) is 19.7 Å². The molecule has 1 aliphatic rings. The molecule has 0 aromatic carbocycles. The van der Waals surface area contributed by atoms with Gasteiger partial charge < -0.3 is 5.11 Å². The minimum absolute atomic E-state index is 0.115. The highest BCUT2D eigenvalue weighted by Crippen LogP contribution is 2.18. The summed E-state index contributed by atoms with van der Waals surface area (Å²) in [6, 6.07) is 0. The van der Waals surface area contributed by atoms with Crippen molar-refractivity contribution in [2.45, 2.75) is 12.8 Å². The Kier molecular flexibility index (Phi) is 2.63. The molecule has 3 heteroatoms. The smallest absolute Gasteiger partial charge is 0.222 e. The summed E-state index contributed by atoms with van der Waals surface area (Å²) in [7, 11) is 0. The van der Waals surface area contributed by atoms with Gasteiger partial charge in [-0.25, -0.2) is 0 Å². The number of likely N-dealkylation sites (tertiary alicyclic amines) is 1. The second-order valence-electron chi connectivity index (χ2n) is 3.06. The predicted molar refractivity (Wildman–Crippen MR) is 37.2 cm³/mol. The molecule has 60 valence electrons. The summed E-state index contributed by atoms with van der Waals surface area (Å²) in [6.45, 7) is 2.23. The lowest BCUT2D eigenvalue weighted by Crippen LogP contribution is -2.46. The molecule has 10 heavy (non-hydrogen) atoms. The summed E-state index contributed by atoms with van der Waals surface area (Å²) in [5, 5.41) is 8.64. The van der Waals surface area contributed by atoms with Crippen LogP contribution in [0.15, 0.2) is 0 Å². The molecule has 1 heterocycles. The highest BCUT2D eigenvalue weighted by molar-refractivity contribution is 4.51. The molecule has 0 aliphatic carbocycles. The van der Waals surface area contributed by atoms with Gasteiger partial charge in [0.2, 0.25) is 6.80 Å². The molecule has 0 atom stereocenters. The summed E-state index contributed by atoms with van der Waals surface area (Å²) >= 11 is 0. The summed E-state index contributed by atoms with van der Waals surface area (Å²) in [4.78, 5) is 0. The lowest BCUT2D eigenvalue weighted by atomic mass is 10.4. The molecule has 0 aromatic heterocycles. The Labute approximate surface area is 60.9 Å². The Balaban J connectivity index is 2.41. The summed E-state index contributed by atoms with van der Waals surface area (Å²) < 4.78 is 12.9. The third-order valence-electron chi connectivity index (χ3n) is 2.34. The SMILES string of the molecule is OCC[N+]1(CF)CCCC1. The van der Waals surface area contributed by atoms with Crippen molar-refractivity contribution < 1.29 is 14.0 Å². The topological polar surface area (TPSA) is 20.2 Å². The van der Waals surface area contributed by atoms with Crippen molar-refractivity contribution in [1.82, 2.24) is 0 Å². The third-order valence-corrected chi connectivity index (χ3v) is 2.34. The molecule has 1 fully saturated rings. The fourth-order valence-electron chi connectivity index (χ4n) is 1.62. The summed E-state index contributed by atoms with van der Waals surface area (Å²) in [5.41, 5.74) is 0. The van der Waals surface area contributed by atoms with Crippen LogP contribution in [0.25, 0.3) is 0 Å². The highest BCUT2D eigenvalue weighted by atomic mass is 19.1. The van der Waals surface area contributed by atoms with Gasteiger partial charge >= 0.3 is 0 Å². The van der Waals surface area contributed by atoms with E-state index in [2.05, 4.69) is 0 Å². The fourth-order valence-corrected chi connectivity index (χ4v) is 1.62. The molecule has 0 radical (unpaired) electrons. The first-order valence-corrected chi connectivity index (χ1v) is 3.85. The maximum atomic E-state index is 12.4. The van der Waals surface area contributed by atoms with Crippen LogP contribution in [0.5, 0.6) is 0 Å². The fraction of sp³-hybridized carbons (Fsp3) is 1.00. The Hall–Kier alpha value is -0.150. The number of hydrogen-bond donors (Lipinski definition) is 1. The Morgan fingerprint density at radius 3 is 2.30 bits per heavy atom. The van der Waals surface area contributed by atoms with Crippen molar-refractivity contribution in [3.05, 3.63) is 0 Å². The van der Waals surface area contributed by atoms with Crippen LogP contribution in [0.1, 0.15) is 12.8 Å². The van der Waals surface area contributed by atoms with Crippen LogP contribution in [0.4, 0.5) is 4.39 Å². The molecule has 2 nitrogen and oxygen atoms in total. The number of hydrogen-bond acceptors (Lipinski definition) is 1. The first kappa shape index (κ1) is 7.95. The van der Waals surface area contributed by atoms with Crippen LogP contribution in [0.3, 0.4) is 0 Å². The van der Waals surface area contributed by atoms with Crippen molar-refractivity contribution in [2.75, 3.05) is 33.0 Å². The molecule has 0 saturated carbocycles. The van der Waals surface area contributed by atoms with E-state index in [9.17, 15) is 4.39 Å². The molecule has 1 N–H and O–H groups in total. The van der Waals surface area contributed by atoms with E-state index < -0.39 is 0 Å². The molecule has 0 unspecified atom stereocenters. The zero-order valence-corrected chi connectivity index (χ0v) is 6.22. The third kappa shape index (κ3) is 1.47. The van der Waals surface area contributed by atoms with Crippen LogP contribution in [-0.2, 0) is 0 Å². The lowest BCUT2D eigenvalue weighted by molar-refractivity contribution is -0.928. The van der Waals surface area contributed by atoms with E-state index in [1.54, 1.807) is 0 Å². The standard InChI is InChI=1S/C7H15FNO/c8-7-9(5-6-10)3-1-2-4-9/h10H,1-7H2/q+1. The van der Waals surface area contributed by atoms with Crippen LogP contribution < -0.4 is 0 Å². The van der Waals surface area contributed by atoms with Gasteiger partial charge in [-0.3, -0.25) is 4.48 Å². The Morgan fingerprint density at radius 2 is 1.90 bits per heavy atom. The van der Waals surface area contributed by atoms with Crippen LogP contribution in [0.2, 0.25) is 0 Å². The van der Waals surface area contributed by atoms with E-state index in [-0.39, 0.29) is 13.4 Å². The largest absolute Gasteiger partial charge is 0.391 e. The quantitative estimate of drug-likeness (QED) is 0.457. The first-order valence-electron chi connectivity index (χ1n) is 3.85. The summed E-state index contributed by atoms with van der Waals surface area (Å²) in [5.74, 6) is 0. The molecule has 0 bridgehead atoms. The van der Waals surface area contributed by atoms with Crippen LogP contribution in [-0.4, -0.2) is 42.6 Å². The van der Waals surface area contributed by atoms with Gasteiger partial charge in [0, 0.05) is 12.8 Å². The van der Waals surface area contributed by atoms with Gasteiger partial charge in [0.15, 0.2) is 0 Å². The highest BCUT2D eigenvalue weighted by Gasteiger charge is 2.30. The number of halogens is 1. The minimum Gasteiger partial charge on any atom is -0.391 e. The molecular weight excluding hydrogens is 133 g/mol. The van der Waals surface area contributed by atoms with E-state index in [1.807, 2.05) is 0 Å². The van der Waals surface area contributed by atoms with E-state index in [0.29, 0.717) is 11.0 Å². The average molecular weight is 148 g/mol. The lowest BCUT2D eigenvalue weighted by Gasteiger charge is -2.29. The Morgan fingerprint density at radius 1 is 1.30 bits per heavy atom. The van der Waals surface area contributed by atoms with Crippen molar-refractivity contribution in [1.29, 1.82) is 0 Å². The summed E-state index contributed by atoms with van der Waals surface area (Å²) in [6.07, 6.45) is 2.23. The molecule has 1 rings (SSSR count). The van der Waals surface area contributed by atoms with Crippen LogP contribution in [0, 0.1) is 0 Å². The van der Waals surface area contributed by atoms with Crippen LogP contribution >= 0.6 is 0 Å². The normalized spacial score (nSPS) is 23.4. The maximum absolute atomic E-state index is 12.4. The molecule has 0 aromatic rings. The zero-order valence-electron chi connectivity index (χ0n) is 6.22. The molecule has 1 aliphatic heterocycles. The van der Waals surface area contributed by atoms with Gasteiger partial charge in [-0.2, -0.15) is 4.39 Å². The van der Waals surface area contributed by atoms with Gasteiger partial charge in [0.1, 0.15) is 6.54 Å². The number of aliphatic hydroxyl groups is 1. The number of rotatable bonds is 3. The van der Waals surface area contributed by atoms with Gasteiger partial charge in [-0.05, 0) is 0 Å². The maximum Gasteiger partial charge on any atom is 0.222 e. The van der Waals surface area contributed by atoms with E-state index >= 15 is 0 Å². The van der Waals surface area contributed by atoms with Crippen molar-refractivity contribution >= 4 is 0 Å². The number of alkyl halides is 1. The second kappa shape index (κ2) is 3.30. The molecule has 0 amide bonds. The van der Waals surface area contributed by atoms with Gasteiger partial charge in [-0.1, -0.05) is 0 Å². The number of aliphatic hydroxyl groups excluding tert-OH is 1. The van der Waals surface area contributed by atoms with Gasteiger partial charge in [-0.15, -0.1) is 0 Å². The monoisotopic (exact) mass is 148 g/mol. The van der Waals surface area contributed by atoms with E-state index in [4.69, 9.17) is 5.11 Å². The molecule has 0 spiro atoms. The number of nitrogens with zero attached hydrogens (tertiary/aromatic N) is 1. The second-order valence-corrected chi connectivity index (χ2v) is 3.06. The minimum atomic E-state index is -0.305. The Bertz CT molecular complexity index is 102. The predicted octanol–water partition coefficient (Wildman–Crippen LogP) is 0.516.